The first-order valence-electron chi connectivity index (χ1n) is 8.67. The maximum absolute atomic E-state index is 12.0. The first-order chi connectivity index (χ1) is 13.5. The van der Waals surface area contributed by atoms with E-state index in [1.165, 1.54) is 6.08 Å². The largest absolute Gasteiger partial charge is 0.493 e. The molecule has 0 atom stereocenters. The van der Waals surface area contributed by atoms with Gasteiger partial charge in [-0.1, -0.05) is 28.1 Å². The molecule has 0 radical (unpaired) electrons. The van der Waals surface area contributed by atoms with Gasteiger partial charge in [0.1, 0.15) is 0 Å². The fraction of sp³-hybridized carbons (Fsp3) is 0.238. The van der Waals surface area contributed by atoms with Gasteiger partial charge in [-0.15, -0.1) is 0 Å². The van der Waals surface area contributed by atoms with E-state index in [0.717, 1.165) is 15.6 Å². The molecule has 28 heavy (non-hydrogen) atoms. The van der Waals surface area contributed by atoms with Crippen molar-refractivity contribution in [2.24, 2.45) is 0 Å². The Bertz CT molecular complexity index is 863. The average Bonchev–Trinajstić information content (AvgIpc) is 2.72. The molecule has 0 unspecified atom stereocenters. The molecular weight excluding hydrogens is 424 g/mol. The molecular formula is C21H23BrN2O4. The quantitative estimate of drug-likeness (QED) is 0.610. The number of hydrogen-bond donors (Lipinski definition) is 2. The second-order valence-corrected chi connectivity index (χ2v) is 6.73. The highest BCUT2D eigenvalue weighted by Gasteiger charge is 2.09. The standard InChI is InChI=1S/C21H23BrN2O4/c1-23-21(26)15-7-4-14(5-8-15)6-9-20(25)24-11-10-16-12-18(27-2)19(28-3)13-17(16)22/h4-9,12-13H,10-11H2,1-3H3,(H,23,26)(H,24,25)/b9-6+. The number of benzene rings is 2. The van der Waals surface area contributed by atoms with Crippen LogP contribution >= 0.6 is 15.9 Å². The molecule has 2 amide bonds. The fourth-order valence-electron chi connectivity index (χ4n) is 2.53. The highest BCUT2D eigenvalue weighted by atomic mass is 79.9. The van der Waals surface area contributed by atoms with Crippen LogP contribution in [-0.2, 0) is 11.2 Å². The highest BCUT2D eigenvalue weighted by molar-refractivity contribution is 9.10. The summed E-state index contributed by atoms with van der Waals surface area (Å²) >= 11 is 3.51. The lowest BCUT2D eigenvalue weighted by Crippen LogP contribution is -2.23. The number of ether oxygens (including phenoxy) is 2. The molecule has 0 saturated carbocycles. The molecule has 0 aliphatic carbocycles. The number of methoxy groups -OCH3 is 2. The Morgan fingerprint density at radius 2 is 1.71 bits per heavy atom. The van der Waals surface area contributed by atoms with Crippen LogP contribution in [0.15, 0.2) is 46.9 Å². The number of carbonyl (C=O) groups is 2. The van der Waals surface area contributed by atoms with Gasteiger partial charge in [0.05, 0.1) is 14.2 Å². The minimum Gasteiger partial charge on any atom is -0.493 e. The first-order valence-corrected chi connectivity index (χ1v) is 9.46. The van der Waals surface area contributed by atoms with Crippen LogP contribution < -0.4 is 20.1 Å². The van der Waals surface area contributed by atoms with Gasteiger partial charge in [-0.2, -0.15) is 0 Å². The maximum Gasteiger partial charge on any atom is 0.251 e. The minimum absolute atomic E-state index is 0.144. The molecule has 0 bridgehead atoms. The van der Waals surface area contributed by atoms with E-state index in [1.54, 1.807) is 51.6 Å². The van der Waals surface area contributed by atoms with E-state index in [9.17, 15) is 9.59 Å². The van der Waals surface area contributed by atoms with Gasteiger partial charge in [0.2, 0.25) is 5.91 Å². The van der Waals surface area contributed by atoms with E-state index >= 15 is 0 Å². The SMILES string of the molecule is CNC(=O)c1ccc(/C=C/C(=O)NCCc2cc(OC)c(OC)cc2Br)cc1. The van der Waals surface area contributed by atoms with Crippen LogP contribution in [0.1, 0.15) is 21.5 Å². The van der Waals surface area contributed by atoms with Crippen LogP contribution in [0.3, 0.4) is 0 Å². The Hall–Kier alpha value is -2.80. The summed E-state index contributed by atoms with van der Waals surface area (Å²) in [5.74, 6) is 0.959. The van der Waals surface area contributed by atoms with Crippen molar-refractivity contribution in [2.45, 2.75) is 6.42 Å². The summed E-state index contributed by atoms with van der Waals surface area (Å²) in [4.78, 5) is 23.5. The van der Waals surface area contributed by atoms with Crippen molar-refractivity contribution >= 4 is 33.8 Å². The Balaban J connectivity index is 1.89. The van der Waals surface area contributed by atoms with Crippen LogP contribution in [0, 0.1) is 0 Å². The zero-order valence-corrected chi connectivity index (χ0v) is 17.6. The van der Waals surface area contributed by atoms with Crippen molar-refractivity contribution in [3.05, 3.63) is 63.6 Å². The number of nitrogens with one attached hydrogen (secondary N) is 2. The summed E-state index contributed by atoms with van der Waals surface area (Å²) < 4.78 is 11.5. The summed E-state index contributed by atoms with van der Waals surface area (Å²) in [7, 11) is 4.76. The molecule has 148 valence electrons. The molecule has 2 aromatic carbocycles. The number of carbonyl (C=O) groups excluding carboxylic acids is 2. The molecule has 0 aliphatic heterocycles. The van der Waals surface area contributed by atoms with E-state index in [4.69, 9.17) is 9.47 Å². The van der Waals surface area contributed by atoms with Crippen LogP contribution in [0.4, 0.5) is 0 Å². The van der Waals surface area contributed by atoms with Crippen LogP contribution in [0.25, 0.3) is 6.08 Å². The highest BCUT2D eigenvalue weighted by Crippen LogP contribution is 2.33. The van der Waals surface area contributed by atoms with Crippen molar-refractivity contribution in [1.29, 1.82) is 0 Å². The summed E-state index contributed by atoms with van der Waals surface area (Å²) in [6.07, 6.45) is 3.81. The van der Waals surface area contributed by atoms with E-state index in [1.807, 2.05) is 12.1 Å². The molecule has 0 aromatic heterocycles. The molecule has 0 aliphatic rings. The number of hydrogen-bond acceptors (Lipinski definition) is 4. The van der Waals surface area contributed by atoms with Crippen molar-refractivity contribution < 1.29 is 19.1 Å². The van der Waals surface area contributed by atoms with E-state index in [-0.39, 0.29) is 11.8 Å². The van der Waals surface area contributed by atoms with Gasteiger partial charge in [0.25, 0.3) is 5.91 Å². The third kappa shape index (κ3) is 5.85. The van der Waals surface area contributed by atoms with Crippen LogP contribution in [0.5, 0.6) is 11.5 Å². The molecule has 7 heteroatoms. The average molecular weight is 447 g/mol. The third-order valence-corrected chi connectivity index (χ3v) is 4.81. The first kappa shape index (κ1) is 21.5. The van der Waals surface area contributed by atoms with Gasteiger partial charge >= 0.3 is 0 Å². The molecule has 6 nitrogen and oxygen atoms in total. The van der Waals surface area contributed by atoms with Gasteiger partial charge in [-0.25, -0.2) is 0 Å². The lowest BCUT2D eigenvalue weighted by Gasteiger charge is -2.12. The van der Waals surface area contributed by atoms with Crippen LogP contribution in [-0.4, -0.2) is 39.6 Å². The van der Waals surface area contributed by atoms with E-state index < -0.39 is 0 Å². The Morgan fingerprint density at radius 1 is 1.07 bits per heavy atom. The number of halogens is 1. The van der Waals surface area contributed by atoms with E-state index in [0.29, 0.717) is 30.0 Å². The third-order valence-electron chi connectivity index (χ3n) is 4.07. The smallest absolute Gasteiger partial charge is 0.251 e. The second kappa shape index (κ2) is 10.5. The lowest BCUT2D eigenvalue weighted by molar-refractivity contribution is -0.116. The van der Waals surface area contributed by atoms with Gasteiger partial charge in [-0.3, -0.25) is 9.59 Å². The topological polar surface area (TPSA) is 76.7 Å². The van der Waals surface area contributed by atoms with Crippen LogP contribution in [0.2, 0.25) is 0 Å². The molecule has 2 rings (SSSR count). The summed E-state index contributed by atoms with van der Waals surface area (Å²) in [5, 5.41) is 5.42. The normalized spacial score (nSPS) is 10.6. The predicted molar refractivity (Wildman–Crippen MR) is 113 cm³/mol. The molecule has 0 spiro atoms. The predicted octanol–water partition coefficient (Wildman–Crippen LogP) is 3.20. The van der Waals surface area contributed by atoms with E-state index in [2.05, 4.69) is 26.6 Å². The molecule has 0 saturated heterocycles. The Labute approximate surface area is 173 Å². The van der Waals surface area contributed by atoms with Gasteiger partial charge in [-0.05, 0) is 47.9 Å². The van der Waals surface area contributed by atoms with Gasteiger partial charge in [0, 0.05) is 29.7 Å². The summed E-state index contributed by atoms with van der Waals surface area (Å²) in [5.41, 5.74) is 2.42. The minimum atomic E-state index is -0.188. The zero-order valence-electron chi connectivity index (χ0n) is 16.0. The monoisotopic (exact) mass is 446 g/mol. The lowest BCUT2D eigenvalue weighted by atomic mass is 10.1. The van der Waals surface area contributed by atoms with Gasteiger partial charge < -0.3 is 20.1 Å². The van der Waals surface area contributed by atoms with Crippen molar-refractivity contribution in [3.8, 4) is 11.5 Å². The molecule has 0 fully saturated rings. The summed E-state index contributed by atoms with van der Waals surface area (Å²) in [6.45, 7) is 0.479. The Morgan fingerprint density at radius 3 is 2.32 bits per heavy atom. The van der Waals surface area contributed by atoms with Crippen molar-refractivity contribution in [3.63, 3.8) is 0 Å². The maximum atomic E-state index is 12.0. The Kier molecular flexibility index (Phi) is 8.07. The molecule has 0 heterocycles. The molecule has 2 aromatic rings. The summed E-state index contributed by atoms with van der Waals surface area (Å²) in [6, 6.07) is 10.7. The second-order valence-electron chi connectivity index (χ2n) is 5.87. The van der Waals surface area contributed by atoms with Crippen molar-refractivity contribution in [1.82, 2.24) is 10.6 Å². The number of rotatable bonds is 8. The molecule has 2 N–H and O–H groups in total. The van der Waals surface area contributed by atoms with Crippen molar-refractivity contribution in [2.75, 3.05) is 27.8 Å². The zero-order chi connectivity index (χ0) is 20.5. The number of amides is 2. The fourth-order valence-corrected chi connectivity index (χ4v) is 3.05. The van der Waals surface area contributed by atoms with Gasteiger partial charge in [0.15, 0.2) is 11.5 Å².